The minimum absolute atomic E-state index is 0.318. The Morgan fingerprint density at radius 3 is 1.63 bits per heavy atom. The van der Waals surface area contributed by atoms with Crippen LogP contribution in [0.3, 0.4) is 0 Å². The molecular weight excluding hydrogens is 304 g/mol. The van der Waals surface area contributed by atoms with Crippen LogP contribution in [0, 0.1) is 0 Å². The van der Waals surface area contributed by atoms with Crippen molar-refractivity contribution in [3.63, 3.8) is 0 Å². The Balaban J connectivity index is 3.76. The summed E-state index contributed by atoms with van der Waals surface area (Å²) in [6.45, 7) is 4.70. The van der Waals surface area contributed by atoms with Gasteiger partial charge in [-0.05, 0) is 12.8 Å². The minimum Gasteiger partial charge on any atom is -0.465 e. The fraction of sp³-hybridized carbons (Fsp3) is 0.833. The fourth-order valence-corrected chi connectivity index (χ4v) is 2.66. The smallest absolute Gasteiger partial charge is 0.319 e. The van der Waals surface area contributed by atoms with Crippen LogP contribution >= 0.6 is 37.0 Å². The molecular formula is C12H22O4S3. The van der Waals surface area contributed by atoms with Crippen LogP contribution in [0.25, 0.3) is 0 Å². The molecule has 0 aromatic heterocycles. The number of carbonyl (C=O) groups excluding carboxylic acids is 2. The van der Waals surface area contributed by atoms with E-state index in [4.69, 9.17) is 9.47 Å². The molecule has 0 aliphatic rings. The van der Waals surface area contributed by atoms with Crippen LogP contribution < -0.4 is 0 Å². The van der Waals surface area contributed by atoms with Crippen molar-refractivity contribution in [2.75, 3.05) is 24.7 Å². The summed E-state index contributed by atoms with van der Waals surface area (Å²) in [5.74, 6) is 0.344. The monoisotopic (exact) mass is 326 g/mol. The van der Waals surface area contributed by atoms with Crippen LogP contribution in [-0.2, 0) is 19.1 Å². The van der Waals surface area contributed by atoms with Crippen LogP contribution in [0.5, 0.6) is 0 Å². The maximum Gasteiger partial charge on any atom is 0.319 e. The molecule has 4 nitrogen and oxygen atoms in total. The van der Waals surface area contributed by atoms with Gasteiger partial charge in [0, 0.05) is 11.5 Å². The van der Waals surface area contributed by atoms with E-state index in [1.807, 2.05) is 13.8 Å². The first-order chi connectivity index (χ1) is 9.02. The molecule has 0 spiro atoms. The number of thiol groups is 2. The first-order valence-electron chi connectivity index (χ1n) is 6.30. The highest BCUT2D eigenvalue weighted by Gasteiger charge is 2.19. The van der Waals surface area contributed by atoms with E-state index < -0.39 is 10.5 Å². The summed E-state index contributed by atoms with van der Waals surface area (Å²) in [6.07, 6.45) is 1.59. The zero-order chi connectivity index (χ0) is 14.7. The second-order valence-electron chi connectivity index (χ2n) is 3.90. The van der Waals surface area contributed by atoms with E-state index >= 15 is 0 Å². The molecule has 2 unspecified atom stereocenters. The molecule has 0 N–H and O–H groups in total. The van der Waals surface area contributed by atoms with Crippen molar-refractivity contribution in [2.45, 2.75) is 37.2 Å². The van der Waals surface area contributed by atoms with E-state index in [9.17, 15) is 9.59 Å². The van der Waals surface area contributed by atoms with Crippen molar-refractivity contribution in [3.05, 3.63) is 0 Å². The molecule has 7 heteroatoms. The standard InChI is InChI=1S/C12H22O4S3/c1-3-5-15-11(13)9(17)7-19-8-10(18)12(14)16-6-4-2/h9-10,17-18H,3-8H2,1-2H3. The Morgan fingerprint density at radius 1 is 0.947 bits per heavy atom. The Bertz CT molecular complexity index is 248. The van der Waals surface area contributed by atoms with Gasteiger partial charge in [0.25, 0.3) is 0 Å². The molecule has 0 fully saturated rings. The van der Waals surface area contributed by atoms with Crippen LogP contribution in [0.2, 0.25) is 0 Å². The zero-order valence-electron chi connectivity index (χ0n) is 11.3. The van der Waals surface area contributed by atoms with Crippen LogP contribution in [-0.4, -0.2) is 47.2 Å². The van der Waals surface area contributed by atoms with Gasteiger partial charge in [0.05, 0.1) is 13.2 Å². The van der Waals surface area contributed by atoms with Gasteiger partial charge in [0.1, 0.15) is 10.5 Å². The van der Waals surface area contributed by atoms with Crippen molar-refractivity contribution in [2.24, 2.45) is 0 Å². The average Bonchev–Trinajstić information content (AvgIpc) is 2.41. The molecule has 0 saturated heterocycles. The largest absolute Gasteiger partial charge is 0.465 e. The molecule has 0 saturated carbocycles. The highest BCUT2D eigenvalue weighted by atomic mass is 32.2. The quantitative estimate of drug-likeness (QED) is 0.476. The predicted molar refractivity (Wildman–Crippen MR) is 85.4 cm³/mol. The topological polar surface area (TPSA) is 52.6 Å². The molecule has 19 heavy (non-hydrogen) atoms. The first kappa shape index (κ1) is 19.0. The Morgan fingerprint density at radius 2 is 1.32 bits per heavy atom. The van der Waals surface area contributed by atoms with Crippen LogP contribution in [0.4, 0.5) is 0 Å². The van der Waals surface area contributed by atoms with E-state index in [0.717, 1.165) is 12.8 Å². The number of hydrogen-bond donors (Lipinski definition) is 2. The summed E-state index contributed by atoms with van der Waals surface area (Å²) in [6, 6.07) is 0. The zero-order valence-corrected chi connectivity index (χ0v) is 13.9. The van der Waals surface area contributed by atoms with Crippen molar-refractivity contribution >= 4 is 49.0 Å². The van der Waals surface area contributed by atoms with Crippen molar-refractivity contribution in [1.29, 1.82) is 0 Å². The molecule has 0 aliphatic heterocycles. The third-order valence-corrected chi connectivity index (χ3v) is 4.41. The maximum atomic E-state index is 11.4. The number of thioether (sulfide) groups is 1. The van der Waals surface area contributed by atoms with Crippen LogP contribution in [0.15, 0.2) is 0 Å². The number of ether oxygens (including phenoxy) is 2. The van der Waals surface area contributed by atoms with Gasteiger partial charge in [-0.3, -0.25) is 9.59 Å². The van der Waals surface area contributed by atoms with E-state index in [0.29, 0.717) is 24.7 Å². The van der Waals surface area contributed by atoms with Crippen molar-refractivity contribution in [1.82, 2.24) is 0 Å². The molecule has 0 heterocycles. The minimum atomic E-state index is -0.469. The summed E-state index contributed by atoms with van der Waals surface area (Å²) < 4.78 is 9.94. The molecule has 0 aromatic carbocycles. The normalized spacial score (nSPS) is 13.7. The lowest BCUT2D eigenvalue weighted by atomic mass is 10.4. The molecule has 0 aromatic rings. The summed E-state index contributed by atoms with van der Waals surface area (Å²) in [4.78, 5) is 22.9. The third-order valence-electron chi connectivity index (χ3n) is 1.99. The van der Waals surface area contributed by atoms with Gasteiger partial charge in [0.15, 0.2) is 0 Å². The lowest BCUT2D eigenvalue weighted by Crippen LogP contribution is -2.24. The van der Waals surface area contributed by atoms with Crippen LogP contribution in [0.1, 0.15) is 26.7 Å². The van der Waals surface area contributed by atoms with Gasteiger partial charge in [-0.2, -0.15) is 37.0 Å². The Labute approximate surface area is 130 Å². The highest BCUT2D eigenvalue weighted by Crippen LogP contribution is 2.14. The van der Waals surface area contributed by atoms with Gasteiger partial charge < -0.3 is 9.47 Å². The fourth-order valence-electron chi connectivity index (χ4n) is 1.03. The number of rotatable bonds is 10. The Hall–Kier alpha value is -0.0100. The van der Waals surface area contributed by atoms with E-state index in [2.05, 4.69) is 25.3 Å². The number of hydrogen-bond acceptors (Lipinski definition) is 7. The van der Waals surface area contributed by atoms with Gasteiger partial charge >= 0.3 is 11.9 Å². The third kappa shape index (κ3) is 9.51. The van der Waals surface area contributed by atoms with E-state index in [1.54, 1.807) is 0 Å². The Kier molecular flexibility index (Phi) is 11.8. The highest BCUT2D eigenvalue weighted by molar-refractivity contribution is 8.01. The van der Waals surface area contributed by atoms with E-state index in [-0.39, 0.29) is 11.9 Å². The molecule has 0 aliphatic carbocycles. The van der Waals surface area contributed by atoms with Gasteiger partial charge in [-0.25, -0.2) is 0 Å². The molecule has 0 radical (unpaired) electrons. The van der Waals surface area contributed by atoms with E-state index in [1.165, 1.54) is 11.8 Å². The molecule has 2 atom stereocenters. The van der Waals surface area contributed by atoms with Crippen molar-refractivity contribution < 1.29 is 19.1 Å². The second kappa shape index (κ2) is 11.8. The lowest BCUT2D eigenvalue weighted by Gasteiger charge is -2.12. The SMILES string of the molecule is CCCOC(=O)C(S)CSCC(S)C(=O)OCCC. The summed E-state index contributed by atoms with van der Waals surface area (Å²) in [5.41, 5.74) is 0. The first-order valence-corrected chi connectivity index (χ1v) is 8.48. The average molecular weight is 327 g/mol. The van der Waals surface area contributed by atoms with Crippen molar-refractivity contribution in [3.8, 4) is 0 Å². The number of esters is 2. The van der Waals surface area contributed by atoms with Gasteiger partial charge in [-0.1, -0.05) is 13.8 Å². The summed E-state index contributed by atoms with van der Waals surface area (Å²) in [5, 5.41) is -0.938. The predicted octanol–water partition coefficient (Wildman–Crippen LogP) is 2.22. The molecule has 0 bridgehead atoms. The summed E-state index contributed by atoms with van der Waals surface area (Å²) >= 11 is 9.78. The van der Waals surface area contributed by atoms with Gasteiger partial charge in [-0.15, -0.1) is 0 Å². The maximum absolute atomic E-state index is 11.4. The number of carbonyl (C=O) groups is 2. The lowest BCUT2D eigenvalue weighted by molar-refractivity contribution is -0.143. The molecule has 0 rings (SSSR count). The second-order valence-corrected chi connectivity index (χ2v) is 6.23. The summed E-state index contributed by atoms with van der Waals surface area (Å²) in [7, 11) is 0. The molecule has 0 amide bonds. The molecule has 112 valence electrons. The van der Waals surface area contributed by atoms with Gasteiger partial charge in [0.2, 0.25) is 0 Å².